The first kappa shape index (κ1) is 29.3. The topological polar surface area (TPSA) is 63.4 Å². The van der Waals surface area contributed by atoms with E-state index >= 15 is 8.78 Å². The van der Waals surface area contributed by atoms with Gasteiger partial charge in [0, 0.05) is 65.0 Å². The Kier molecular flexibility index (Phi) is 6.72. The molecule has 7 heterocycles. The zero-order valence-corrected chi connectivity index (χ0v) is 25.4. The normalized spacial score (nSPS) is 16.7. The molecule has 1 aromatic carbocycles. The molecular formula is C37H24F5N6+. The number of hydrogen-bond donors (Lipinski definition) is 2. The molecular weight excluding hydrogens is 623 g/mol. The molecule has 48 heavy (non-hydrogen) atoms. The Labute approximate surface area is 270 Å². The molecule has 8 rings (SSSR count). The fraction of sp³-hybridized carbons (Fsp3) is 0.0541. The van der Waals surface area contributed by atoms with E-state index in [0.717, 1.165) is 16.5 Å². The third kappa shape index (κ3) is 4.65. The summed E-state index contributed by atoms with van der Waals surface area (Å²) in [7, 11) is 3.76. The summed E-state index contributed by atoms with van der Waals surface area (Å²) in [6.45, 7) is 0. The number of halogens is 5. The molecule has 0 radical (unpaired) electrons. The van der Waals surface area contributed by atoms with Gasteiger partial charge in [-0.25, -0.2) is 36.5 Å². The molecule has 0 unspecified atom stereocenters. The van der Waals surface area contributed by atoms with E-state index in [2.05, 4.69) is 9.97 Å². The Hall–Kier alpha value is -6.10. The van der Waals surface area contributed by atoms with Crippen molar-refractivity contribution in [1.29, 1.82) is 0 Å². The molecule has 0 amide bonds. The largest absolute Gasteiger partial charge is 0.357 e. The number of aryl methyl sites for hydroxylation is 1. The first-order chi connectivity index (χ1) is 23.2. The molecule has 0 aliphatic carbocycles. The average Bonchev–Trinajstić information content (AvgIpc) is 3.92. The number of nitrogens with one attached hydrogen (secondary N) is 2. The molecule has 3 aromatic heterocycles. The lowest BCUT2D eigenvalue weighted by atomic mass is 9.98. The van der Waals surface area contributed by atoms with Gasteiger partial charge >= 0.3 is 0 Å². The van der Waals surface area contributed by atoms with Crippen LogP contribution in [-0.2, 0) is 7.05 Å². The molecule has 0 saturated carbocycles. The second-order valence-electron chi connectivity index (χ2n) is 11.6. The van der Waals surface area contributed by atoms with Crippen LogP contribution in [0.15, 0.2) is 119 Å². The van der Waals surface area contributed by atoms with Crippen molar-refractivity contribution in [2.75, 3.05) is 7.05 Å². The van der Waals surface area contributed by atoms with Gasteiger partial charge in [0.1, 0.15) is 7.05 Å². The van der Waals surface area contributed by atoms with Crippen LogP contribution < -0.4 is 15.3 Å². The third-order valence-electron chi connectivity index (χ3n) is 8.50. The number of allylic oxidation sites excluding steroid dienone is 7. The summed E-state index contributed by atoms with van der Waals surface area (Å²) in [5, 5.41) is 1.43. The minimum atomic E-state index is -2.24. The fourth-order valence-corrected chi connectivity index (χ4v) is 6.11. The number of rotatable bonds is 2. The number of H-pyrrole nitrogens is 2. The van der Waals surface area contributed by atoms with Gasteiger partial charge in [-0.3, -0.25) is 0 Å². The maximum atomic E-state index is 15.6. The quantitative estimate of drug-likeness (QED) is 0.130. The summed E-state index contributed by atoms with van der Waals surface area (Å²) in [5.41, 5.74) is 3.78. The monoisotopic (exact) mass is 647 g/mol. The Bertz CT molecular complexity index is 2420. The molecule has 0 spiro atoms. The van der Waals surface area contributed by atoms with Gasteiger partial charge in [0.2, 0.25) is 5.82 Å². The lowest BCUT2D eigenvalue weighted by Gasteiger charge is -2.16. The van der Waals surface area contributed by atoms with Gasteiger partial charge in [0.25, 0.3) is 0 Å². The maximum absolute atomic E-state index is 15.6. The van der Waals surface area contributed by atoms with Crippen LogP contribution in [-0.4, -0.2) is 33.3 Å². The minimum absolute atomic E-state index is 0.00339. The van der Waals surface area contributed by atoms with Gasteiger partial charge in [0.05, 0.1) is 33.7 Å². The van der Waals surface area contributed by atoms with Crippen LogP contribution >= 0.6 is 0 Å². The number of pyridine rings is 1. The lowest BCUT2D eigenvalue weighted by molar-refractivity contribution is -0.671. The van der Waals surface area contributed by atoms with Crippen LogP contribution in [0.5, 0.6) is 0 Å². The van der Waals surface area contributed by atoms with Crippen molar-refractivity contribution < 1.29 is 26.5 Å². The molecule has 4 aromatic rings. The van der Waals surface area contributed by atoms with Crippen molar-refractivity contribution in [2.45, 2.75) is 0 Å². The molecule has 236 valence electrons. The number of hydrogen-bond acceptors (Lipinski definition) is 3. The Morgan fingerprint density at radius 2 is 1.15 bits per heavy atom. The highest BCUT2D eigenvalue weighted by Crippen LogP contribution is 2.38. The molecule has 0 atom stereocenters. The van der Waals surface area contributed by atoms with E-state index in [0.29, 0.717) is 39.3 Å². The Morgan fingerprint density at radius 3 is 1.83 bits per heavy atom. The second kappa shape index (κ2) is 11.0. The SMILES string of the molecule is CN1C=CC(=C2C3=NC(=c4ccc([nH]4)=C(c4cc[n+](C)cc4)C4=NC(=C(c5c(F)c(F)c(F)c(F)c5F)c5ccc2[nH]5)C=C4)C=C3)C=C1. The summed E-state index contributed by atoms with van der Waals surface area (Å²) in [4.78, 5) is 18.2. The predicted molar refractivity (Wildman–Crippen MR) is 173 cm³/mol. The molecule has 0 fully saturated rings. The zero-order valence-electron chi connectivity index (χ0n) is 25.4. The highest BCUT2D eigenvalue weighted by Gasteiger charge is 2.32. The van der Waals surface area contributed by atoms with Crippen LogP contribution in [0.4, 0.5) is 22.0 Å². The summed E-state index contributed by atoms with van der Waals surface area (Å²) in [6.07, 6.45) is 18.2. The van der Waals surface area contributed by atoms with E-state index in [1.807, 2.05) is 96.9 Å². The number of aliphatic imine (C=N–C) groups is 2. The van der Waals surface area contributed by atoms with E-state index in [4.69, 9.17) is 9.98 Å². The smallest absolute Gasteiger partial charge is 0.200 e. The van der Waals surface area contributed by atoms with Gasteiger partial charge in [-0.05, 0) is 71.9 Å². The number of nitrogens with zero attached hydrogens (tertiary/aromatic N) is 4. The second-order valence-corrected chi connectivity index (χ2v) is 11.6. The van der Waals surface area contributed by atoms with Gasteiger partial charge in [-0.1, -0.05) is 0 Å². The molecule has 2 N–H and O–H groups in total. The van der Waals surface area contributed by atoms with Gasteiger partial charge in [0.15, 0.2) is 35.7 Å². The van der Waals surface area contributed by atoms with Crippen molar-refractivity contribution in [3.05, 3.63) is 171 Å². The highest BCUT2D eigenvalue weighted by atomic mass is 19.2. The van der Waals surface area contributed by atoms with Crippen LogP contribution in [0.25, 0.3) is 22.4 Å². The van der Waals surface area contributed by atoms with E-state index in [9.17, 15) is 13.2 Å². The van der Waals surface area contributed by atoms with Crippen molar-refractivity contribution in [1.82, 2.24) is 14.9 Å². The third-order valence-corrected chi connectivity index (χ3v) is 8.50. The van der Waals surface area contributed by atoms with Gasteiger partial charge in [-0.15, -0.1) is 0 Å². The van der Waals surface area contributed by atoms with E-state index in [-0.39, 0.29) is 17.0 Å². The summed E-state index contributed by atoms with van der Waals surface area (Å²) in [6, 6.07) is 10.8. The molecule has 6 nitrogen and oxygen atoms in total. The summed E-state index contributed by atoms with van der Waals surface area (Å²) in [5.74, 6) is -10.3. The molecule has 0 saturated heterocycles. The Morgan fingerprint density at radius 1 is 0.583 bits per heavy atom. The van der Waals surface area contributed by atoms with E-state index < -0.39 is 34.6 Å². The first-order valence-corrected chi connectivity index (χ1v) is 14.9. The fourth-order valence-electron chi connectivity index (χ4n) is 6.11. The maximum Gasteiger partial charge on any atom is 0.200 e. The van der Waals surface area contributed by atoms with Crippen LogP contribution in [0, 0.1) is 29.1 Å². The van der Waals surface area contributed by atoms with Gasteiger partial charge < -0.3 is 14.9 Å². The van der Waals surface area contributed by atoms with Crippen molar-refractivity contribution in [3.8, 4) is 0 Å². The molecule has 11 heteroatoms. The molecule has 8 bridgehead atoms. The number of fused-ring (bicyclic) bond motifs is 6. The summed E-state index contributed by atoms with van der Waals surface area (Å²) < 4.78 is 76.8. The number of benzene rings is 1. The summed E-state index contributed by atoms with van der Waals surface area (Å²) >= 11 is 0. The van der Waals surface area contributed by atoms with Crippen LogP contribution in [0.3, 0.4) is 0 Å². The number of aromatic nitrogens is 3. The van der Waals surface area contributed by atoms with Crippen LogP contribution in [0.1, 0.15) is 22.5 Å². The molecule has 4 aliphatic rings. The standard InChI is InChI=1S/C37H23F5N6/c1-47-15-11-19(12-16-47)29-23-5-3-21(43-23)22-4-6-24(44-22)30(20-13-17-48(2)18-14-20)26-8-10-28(46-26)31(27-9-7-25(29)45-27)32-33(38)35(40)37(42)36(41)34(32)39/h3-18H,1-2H3,(H,45,46)/p+1. The van der Waals surface area contributed by atoms with Crippen molar-refractivity contribution >= 4 is 33.8 Å². The molecule has 4 aliphatic heterocycles. The zero-order chi connectivity index (χ0) is 33.3. The van der Waals surface area contributed by atoms with Crippen molar-refractivity contribution in [3.63, 3.8) is 0 Å². The van der Waals surface area contributed by atoms with E-state index in [1.54, 1.807) is 12.1 Å². The minimum Gasteiger partial charge on any atom is -0.357 e. The average molecular weight is 648 g/mol. The van der Waals surface area contributed by atoms with Gasteiger partial charge in [-0.2, -0.15) is 0 Å². The van der Waals surface area contributed by atoms with Crippen molar-refractivity contribution in [2.24, 2.45) is 17.0 Å². The predicted octanol–water partition coefficient (Wildman–Crippen LogP) is 5.39. The van der Waals surface area contributed by atoms with Crippen LogP contribution in [0.2, 0.25) is 0 Å². The highest BCUT2D eigenvalue weighted by molar-refractivity contribution is 6.33. The number of aromatic amines is 2. The first-order valence-electron chi connectivity index (χ1n) is 14.9. The Balaban J connectivity index is 1.50. The van der Waals surface area contributed by atoms with E-state index in [1.165, 1.54) is 12.1 Å². The lowest BCUT2D eigenvalue weighted by Crippen LogP contribution is -2.26.